The molecule has 1 aromatic carbocycles. The van der Waals surface area contributed by atoms with Gasteiger partial charge in [-0.3, -0.25) is 4.79 Å². The van der Waals surface area contributed by atoms with Gasteiger partial charge >= 0.3 is 0 Å². The smallest absolute Gasteiger partial charge is 0.164 e. The Morgan fingerprint density at radius 3 is 2.73 bits per heavy atom. The number of methoxy groups -OCH3 is 1. The van der Waals surface area contributed by atoms with Crippen molar-refractivity contribution in [3.8, 4) is 5.75 Å². The first-order valence-corrected chi connectivity index (χ1v) is 5.46. The lowest BCUT2D eigenvalue weighted by atomic mass is 10.1. The third kappa shape index (κ3) is 2.79. The predicted octanol–water partition coefficient (Wildman–Crippen LogP) is 2.30. The molecule has 0 aliphatic heterocycles. The van der Waals surface area contributed by atoms with Crippen LogP contribution in [0.15, 0.2) is 16.6 Å². The van der Waals surface area contributed by atoms with Crippen LogP contribution in [0.1, 0.15) is 22.3 Å². The summed E-state index contributed by atoms with van der Waals surface area (Å²) in [5.74, 6) is 0.724. The maximum atomic E-state index is 11.6. The van der Waals surface area contributed by atoms with Crippen LogP contribution in [0.3, 0.4) is 0 Å². The number of carbonyl (C=O) groups excluding carboxylic acids is 1. The number of halogens is 1. The van der Waals surface area contributed by atoms with Crippen LogP contribution < -0.4 is 10.5 Å². The Bertz CT molecular complexity index is 377. The molecule has 0 bridgehead atoms. The van der Waals surface area contributed by atoms with E-state index in [1.54, 1.807) is 13.2 Å². The largest absolute Gasteiger partial charge is 0.496 e. The van der Waals surface area contributed by atoms with Crippen LogP contribution >= 0.6 is 15.9 Å². The highest BCUT2D eigenvalue weighted by Gasteiger charge is 2.11. The van der Waals surface area contributed by atoms with E-state index in [9.17, 15) is 4.79 Å². The molecule has 82 valence electrons. The third-order valence-electron chi connectivity index (χ3n) is 2.13. The Kier molecular flexibility index (Phi) is 4.29. The molecule has 3 nitrogen and oxygen atoms in total. The highest BCUT2D eigenvalue weighted by molar-refractivity contribution is 9.10. The molecule has 0 aromatic heterocycles. The summed E-state index contributed by atoms with van der Waals surface area (Å²) in [6.45, 7) is 2.29. The Morgan fingerprint density at radius 2 is 2.20 bits per heavy atom. The number of Topliss-reactive ketones (excluding diaryl/α,β-unsaturated/α-hetero) is 1. The van der Waals surface area contributed by atoms with Crippen molar-refractivity contribution >= 4 is 21.7 Å². The monoisotopic (exact) mass is 271 g/mol. The molecule has 0 spiro atoms. The standard InChI is InChI=1S/C11H14BrNO2/c1-7-5-8(9(14)3-4-13)6-10(15-2)11(7)12/h5-6H,3-4,13H2,1-2H3. The average Bonchev–Trinajstić information content (AvgIpc) is 2.22. The van der Waals surface area contributed by atoms with Gasteiger partial charge in [0.05, 0.1) is 11.6 Å². The van der Waals surface area contributed by atoms with Crippen LogP contribution in [0.4, 0.5) is 0 Å². The molecule has 0 unspecified atom stereocenters. The van der Waals surface area contributed by atoms with Crippen molar-refractivity contribution < 1.29 is 9.53 Å². The second kappa shape index (κ2) is 5.28. The molecule has 2 N–H and O–H groups in total. The molecule has 0 atom stereocenters. The van der Waals surface area contributed by atoms with Crippen LogP contribution in [-0.4, -0.2) is 19.4 Å². The molecule has 15 heavy (non-hydrogen) atoms. The number of ether oxygens (including phenoxy) is 1. The molecule has 0 saturated heterocycles. The van der Waals surface area contributed by atoms with E-state index in [0.29, 0.717) is 24.3 Å². The number of carbonyl (C=O) groups is 1. The van der Waals surface area contributed by atoms with Gasteiger partial charge in [0.1, 0.15) is 5.75 Å². The van der Waals surface area contributed by atoms with Gasteiger partial charge in [-0.05, 0) is 47.1 Å². The van der Waals surface area contributed by atoms with Crippen molar-refractivity contribution in [1.82, 2.24) is 0 Å². The van der Waals surface area contributed by atoms with E-state index in [4.69, 9.17) is 10.5 Å². The van der Waals surface area contributed by atoms with Gasteiger partial charge in [-0.15, -0.1) is 0 Å². The van der Waals surface area contributed by atoms with Crippen LogP contribution in [0.5, 0.6) is 5.75 Å². The van der Waals surface area contributed by atoms with Gasteiger partial charge in [-0.2, -0.15) is 0 Å². The van der Waals surface area contributed by atoms with E-state index in [1.807, 2.05) is 13.0 Å². The highest BCUT2D eigenvalue weighted by Crippen LogP contribution is 2.30. The van der Waals surface area contributed by atoms with Crippen molar-refractivity contribution in [1.29, 1.82) is 0 Å². The molecule has 0 amide bonds. The molecule has 0 fully saturated rings. The Balaban J connectivity index is 3.10. The number of hydrogen-bond acceptors (Lipinski definition) is 3. The van der Waals surface area contributed by atoms with E-state index in [0.717, 1.165) is 10.0 Å². The molecule has 0 aliphatic carbocycles. The summed E-state index contributed by atoms with van der Waals surface area (Å²) in [7, 11) is 1.58. The topological polar surface area (TPSA) is 52.3 Å². The molecule has 0 heterocycles. The summed E-state index contributed by atoms with van der Waals surface area (Å²) in [5, 5.41) is 0. The first-order valence-electron chi connectivity index (χ1n) is 4.67. The fraction of sp³-hybridized carbons (Fsp3) is 0.364. The number of aryl methyl sites for hydroxylation is 1. The lowest BCUT2D eigenvalue weighted by molar-refractivity contribution is 0.0985. The molecule has 0 saturated carbocycles. The summed E-state index contributed by atoms with van der Waals surface area (Å²) in [4.78, 5) is 11.6. The minimum absolute atomic E-state index is 0.0476. The third-order valence-corrected chi connectivity index (χ3v) is 3.15. The van der Waals surface area contributed by atoms with Crippen molar-refractivity contribution in [2.75, 3.05) is 13.7 Å². The zero-order valence-corrected chi connectivity index (χ0v) is 10.4. The summed E-state index contributed by atoms with van der Waals surface area (Å²) >= 11 is 3.40. The van der Waals surface area contributed by atoms with Gasteiger partial charge in [0.25, 0.3) is 0 Å². The van der Waals surface area contributed by atoms with Crippen molar-refractivity contribution in [3.05, 3.63) is 27.7 Å². The van der Waals surface area contributed by atoms with E-state index in [-0.39, 0.29) is 5.78 Å². The van der Waals surface area contributed by atoms with Gasteiger partial charge in [-0.1, -0.05) is 0 Å². The summed E-state index contributed by atoms with van der Waals surface area (Å²) in [6, 6.07) is 3.57. The van der Waals surface area contributed by atoms with E-state index >= 15 is 0 Å². The maximum absolute atomic E-state index is 11.6. The van der Waals surface area contributed by atoms with Crippen LogP contribution in [-0.2, 0) is 0 Å². The zero-order chi connectivity index (χ0) is 11.4. The Morgan fingerprint density at radius 1 is 1.53 bits per heavy atom. The van der Waals surface area contributed by atoms with Gasteiger partial charge in [0, 0.05) is 12.0 Å². The lowest BCUT2D eigenvalue weighted by Crippen LogP contribution is -2.08. The summed E-state index contributed by atoms with van der Waals surface area (Å²) in [5.41, 5.74) is 6.98. The van der Waals surface area contributed by atoms with Crippen LogP contribution in [0, 0.1) is 6.92 Å². The quantitative estimate of drug-likeness (QED) is 0.855. The van der Waals surface area contributed by atoms with Crippen LogP contribution in [0.25, 0.3) is 0 Å². The minimum Gasteiger partial charge on any atom is -0.496 e. The number of rotatable bonds is 4. The first kappa shape index (κ1) is 12.2. The molecule has 1 rings (SSSR count). The minimum atomic E-state index is 0.0476. The molecular weight excluding hydrogens is 258 g/mol. The average molecular weight is 272 g/mol. The molecule has 0 radical (unpaired) electrons. The lowest BCUT2D eigenvalue weighted by Gasteiger charge is -2.08. The normalized spacial score (nSPS) is 10.1. The van der Waals surface area contributed by atoms with Crippen molar-refractivity contribution in [2.45, 2.75) is 13.3 Å². The van der Waals surface area contributed by atoms with Gasteiger partial charge in [0.15, 0.2) is 5.78 Å². The number of hydrogen-bond donors (Lipinski definition) is 1. The predicted molar refractivity (Wildman–Crippen MR) is 63.4 cm³/mol. The second-order valence-electron chi connectivity index (χ2n) is 3.27. The van der Waals surface area contributed by atoms with Gasteiger partial charge < -0.3 is 10.5 Å². The highest BCUT2D eigenvalue weighted by atomic mass is 79.9. The van der Waals surface area contributed by atoms with Gasteiger partial charge in [0.2, 0.25) is 0 Å². The molecule has 4 heteroatoms. The van der Waals surface area contributed by atoms with Gasteiger partial charge in [-0.25, -0.2) is 0 Å². The van der Waals surface area contributed by atoms with Crippen molar-refractivity contribution in [2.24, 2.45) is 5.73 Å². The molecule has 0 aliphatic rings. The molecular formula is C11H14BrNO2. The zero-order valence-electron chi connectivity index (χ0n) is 8.84. The molecule has 1 aromatic rings. The Labute approximate surface area is 97.7 Å². The fourth-order valence-electron chi connectivity index (χ4n) is 1.32. The maximum Gasteiger partial charge on any atom is 0.164 e. The van der Waals surface area contributed by atoms with E-state index in [1.165, 1.54) is 0 Å². The number of ketones is 1. The van der Waals surface area contributed by atoms with Crippen molar-refractivity contribution in [3.63, 3.8) is 0 Å². The summed E-state index contributed by atoms with van der Waals surface area (Å²) in [6.07, 6.45) is 0.365. The Hall–Kier alpha value is -0.870. The number of benzene rings is 1. The SMILES string of the molecule is COc1cc(C(=O)CCN)cc(C)c1Br. The second-order valence-corrected chi connectivity index (χ2v) is 4.06. The van der Waals surface area contributed by atoms with E-state index in [2.05, 4.69) is 15.9 Å². The van der Waals surface area contributed by atoms with E-state index < -0.39 is 0 Å². The number of nitrogens with two attached hydrogens (primary N) is 1. The van der Waals surface area contributed by atoms with Crippen LogP contribution in [0.2, 0.25) is 0 Å². The summed E-state index contributed by atoms with van der Waals surface area (Å²) < 4.78 is 6.05. The fourth-order valence-corrected chi connectivity index (χ4v) is 1.71. The first-order chi connectivity index (χ1) is 7.10.